The van der Waals surface area contributed by atoms with Gasteiger partial charge in [0.1, 0.15) is 0 Å². The van der Waals surface area contributed by atoms with Gasteiger partial charge in [0, 0.05) is 18.1 Å². The molecule has 2 N–H and O–H groups in total. The second kappa shape index (κ2) is 8.90. The topological polar surface area (TPSA) is 35.5 Å². The Morgan fingerprint density at radius 1 is 1.12 bits per heavy atom. The minimum absolute atomic E-state index is 0.205. The largest absolute Gasteiger partial charge is 0.395 e. The Hall–Kier alpha value is -0.120. The minimum atomic E-state index is 0.205. The summed E-state index contributed by atoms with van der Waals surface area (Å²) < 4.78 is 0. The molecule has 0 saturated carbocycles. The smallest absolute Gasteiger partial charge is 0.0558 e. The zero-order chi connectivity index (χ0) is 13.3. The highest BCUT2D eigenvalue weighted by molar-refractivity contribution is 4.72. The Morgan fingerprint density at radius 3 is 2.12 bits per heavy atom. The van der Waals surface area contributed by atoms with Gasteiger partial charge >= 0.3 is 0 Å². The van der Waals surface area contributed by atoms with Crippen molar-refractivity contribution in [3.05, 3.63) is 0 Å². The Bertz CT molecular complexity index is 174. The van der Waals surface area contributed by atoms with E-state index in [2.05, 4.69) is 44.8 Å². The fourth-order valence-electron chi connectivity index (χ4n) is 2.16. The molecule has 0 amide bonds. The third-order valence-electron chi connectivity index (χ3n) is 3.12. The number of aliphatic hydroxyl groups is 1. The van der Waals surface area contributed by atoms with Gasteiger partial charge < -0.3 is 10.4 Å². The van der Waals surface area contributed by atoms with Crippen LogP contribution in [0, 0.1) is 0 Å². The maximum atomic E-state index is 9.11. The average molecular weight is 244 g/mol. The molecule has 17 heavy (non-hydrogen) atoms. The first-order valence-corrected chi connectivity index (χ1v) is 7.04. The lowest BCUT2D eigenvalue weighted by Crippen LogP contribution is -2.41. The van der Waals surface area contributed by atoms with E-state index < -0.39 is 0 Å². The first-order chi connectivity index (χ1) is 7.94. The van der Waals surface area contributed by atoms with Crippen LogP contribution in [-0.4, -0.2) is 47.8 Å². The van der Waals surface area contributed by atoms with Crippen molar-refractivity contribution in [2.75, 3.05) is 26.2 Å². The first kappa shape index (κ1) is 16.9. The Labute approximate surface area is 108 Å². The monoisotopic (exact) mass is 244 g/mol. The SMILES string of the molecule is CCC(CC)N(CCO)CCCNC(C)(C)C. The summed E-state index contributed by atoms with van der Waals surface area (Å²) in [6.07, 6.45) is 3.49. The number of hydrogen-bond acceptors (Lipinski definition) is 3. The molecule has 0 aromatic heterocycles. The number of nitrogens with one attached hydrogen (secondary N) is 1. The van der Waals surface area contributed by atoms with Gasteiger partial charge in [-0.3, -0.25) is 4.90 Å². The van der Waals surface area contributed by atoms with Gasteiger partial charge in [-0.05, 0) is 53.1 Å². The van der Waals surface area contributed by atoms with Crippen molar-refractivity contribution in [3.8, 4) is 0 Å². The second-order valence-corrected chi connectivity index (χ2v) is 5.76. The van der Waals surface area contributed by atoms with E-state index in [0.29, 0.717) is 6.04 Å². The molecule has 0 heterocycles. The van der Waals surface area contributed by atoms with Crippen LogP contribution in [0.2, 0.25) is 0 Å². The van der Waals surface area contributed by atoms with E-state index >= 15 is 0 Å². The average Bonchev–Trinajstić information content (AvgIpc) is 2.24. The molecule has 0 aromatic carbocycles. The molecule has 3 nitrogen and oxygen atoms in total. The van der Waals surface area contributed by atoms with Crippen molar-refractivity contribution >= 4 is 0 Å². The molecule has 0 radical (unpaired) electrons. The zero-order valence-corrected chi connectivity index (χ0v) is 12.4. The van der Waals surface area contributed by atoms with Crippen LogP contribution in [-0.2, 0) is 0 Å². The molecule has 0 fully saturated rings. The predicted octanol–water partition coefficient (Wildman–Crippen LogP) is 2.25. The number of aliphatic hydroxyl groups excluding tert-OH is 1. The van der Waals surface area contributed by atoms with Gasteiger partial charge in [0.05, 0.1) is 6.61 Å². The summed E-state index contributed by atoms with van der Waals surface area (Å²) in [4.78, 5) is 2.42. The van der Waals surface area contributed by atoms with Gasteiger partial charge in [-0.1, -0.05) is 13.8 Å². The summed E-state index contributed by atoms with van der Waals surface area (Å²) in [5.74, 6) is 0. The van der Waals surface area contributed by atoms with Crippen LogP contribution in [0.3, 0.4) is 0 Å². The van der Waals surface area contributed by atoms with Crippen LogP contribution >= 0.6 is 0 Å². The third kappa shape index (κ3) is 8.58. The van der Waals surface area contributed by atoms with E-state index in [4.69, 9.17) is 5.11 Å². The van der Waals surface area contributed by atoms with Gasteiger partial charge in [-0.25, -0.2) is 0 Å². The van der Waals surface area contributed by atoms with Crippen molar-refractivity contribution in [1.82, 2.24) is 10.2 Å². The standard InChI is InChI=1S/C14H32N2O/c1-6-13(7-2)16(11-12-17)10-8-9-15-14(3,4)5/h13,15,17H,6-12H2,1-5H3. The molecule has 0 aliphatic heterocycles. The molecule has 0 spiro atoms. The predicted molar refractivity (Wildman–Crippen MR) is 75.4 cm³/mol. The van der Waals surface area contributed by atoms with E-state index in [1.54, 1.807) is 0 Å². The van der Waals surface area contributed by atoms with Gasteiger partial charge in [0.15, 0.2) is 0 Å². The number of rotatable bonds is 9. The molecule has 0 aromatic rings. The highest BCUT2D eigenvalue weighted by Gasteiger charge is 2.14. The van der Waals surface area contributed by atoms with Crippen LogP contribution in [0.5, 0.6) is 0 Å². The highest BCUT2D eigenvalue weighted by atomic mass is 16.3. The van der Waals surface area contributed by atoms with Crippen LogP contribution in [0.4, 0.5) is 0 Å². The molecule has 104 valence electrons. The summed E-state index contributed by atoms with van der Waals surface area (Å²) in [6.45, 7) is 14.2. The Balaban J connectivity index is 3.92. The molecule has 3 heteroatoms. The van der Waals surface area contributed by atoms with Crippen LogP contribution in [0.1, 0.15) is 53.9 Å². The summed E-state index contributed by atoms with van der Waals surface area (Å²) in [7, 11) is 0. The summed E-state index contributed by atoms with van der Waals surface area (Å²) in [6, 6.07) is 0.622. The van der Waals surface area contributed by atoms with Crippen molar-refractivity contribution < 1.29 is 5.11 Å². The lowest BCUT2D eigenvalue weighted by atomic mass is 10.1. The Kier molecular flexibility index (Phi) is 8.83. The number of hydrogen-bond donors (Lipinski definition) is 2. The fraction of sp³-hybridized carbons (Fsp3) is 1.00. The molecular formula is C14H32N2O. The van der Waals surface area contributed by atoms with E-state index in [1.165, 1.54) is 12.8 Å². The summed E-state index contributed by atoms with van der Waals surface area (Å²) in [5, 5.41) is 12.6. The molecule has 0 saturated heterocycles. The molecule has 0 bridgehead atoms. The maximum Gasteiger partial charge on any atom is 0.0558 e. The van der Waals surface area contributed by atoms with Crippen molar-refractivity contribution in [3.63, 3.8) is 0 Å². The minimum Gasteiger partial charge on any atom is -0.395 e. The van der Waals surface area contributed by atoms with E-state index in [1.807, 2.05) is 0 Å². The third-order valence-corrected chi connectivity index (χ3v) is 3.12. The second-order valence-electron chi connectivity index (χ2n) is 5.76. The van der Waals surface area contributed by atoms with Gasteiger partial charge in [0.25, 0.3) is 0 Å². The fourth-order valence-corrected chi connectivity index (χ4v) is 2.16. The molecule has 0 aliphatic rings. The normalized spacial score (nSPS) is 12.7. The molecule has 0 aliphatic carbocycles. The van der Waals surface area contributed by atoms with Crippen LogP contribution in [0.15, 0.2) is 0 Å². The van der Waals surface area contributed by atoms with Gasteiger partial charge in [-0.2, -0.15) is 0 Å². The van der Waals surface area contributed by atoms with Crippen molar-refractivity contribution in [2.24, 2.45) is 0 Å². The van der Waals surface area contributed by atoms with E-state index in [9.17, 15) is 0 Å². The molecule has 0 rings (SSSR count). The van der Waals surface area contributed by atoms with E-state index in [0.717, 1.165) is 26.1 Å². The molecule has 0 atom stereocenters. The van der Waals surface area contributed by atoms with Crippen molar-refractivity contribution in [1.29, 1.82) is 0 Å². The molecular weight excluding hydrogens is 212 g/mol. The Morgan fingerprint density at radius 2 is 1.71 bits per heavy atom. The van der Waals surface area contributed by atoms with Gasteiger partial charge in [0.2, 0.25) is 0 Å². The van der Waals surface area contributed by atoms with Crippen LogP contribution in [0.25, 0.3) is 0 Å². The number of nitrogens with zero attached hydrogens (tertiary/aromatic N) is 1. The van der Waals surface area contributed by atoms with Crippen LogP contribution < -0.4 is 5.32 Å². The molecule has 0 unspecified atom stereocenters. The van der Waals surface area contributed by atoms with E-state index in [-0.39, 0.29) is 12.1 Å². The highest BCUT2D eigenvalue weighted by Crippen LogP contribution is 2.08. The lowest BCUT2D eigenvalue weighted by molar-refractivity contribution is 0.141. The maximum absolute atomic E-state index is 9.11. The summed E-state index contributed by atoms with van der Waals surface area (Å²) in [5.41, 5.74) is 0.205. The van der Waals surface area contributed by atoms with Crippen molar-refractivity contribution in [2.45, 2.75) is 65.5 Å². The summed E-state index contributed by atoms with van der Waals surface area (Å²) >= 11 is 0. The quantitative estimate of drug-likeness (QED) is 0.611. The lowest BCUT2D eigenvalue weighted by Gasteiger charge is -2.30. The van der Waals surface area contributed by atoms with Gasteiger partial charge in [-0.15, -0.1) is 0 Å². The zero-order valence-electron chi connectivity index (χ0n) is 12.4. The first-order valence-electron chi connectivity index (χ1n) is 7.04.